The van der Waals surface area contributed by atoms with Crippen LogP contribution in [0.1, 0.15) is 30.4 Å². The molecule has 0 bridgehead atoms. The predicted molar refractivity (Wildman–Crippen MR) is 74.9 cm³/mol. The molecule has 3 heteroatoms. The minimum Gasteiger partial charge on any atom is -0.356 e. The molecule has 18 heavy (non-hydrogen) atoms. The number of aryl methyl sites for hydroxylation is 2. The highest BCUT2D eigenvalue weighted by Gasteiger charge is 2.23. The molecule has 1 aliphatic carbocycles. The number of thioether (sulfide) groups is 1. The molecule has 1 aromatic carbocycles. The third kappa shape index (κ3) is 2.56. The van der Waals surface area contributed by atoms with Crippen LogP contribution in [0.25, 0.3) is 0 Å². The van der Waals surface area contributed by atoms with Gasteiger partial charge in [0.05, 0.1) is 0 Å². The number of fused-ring (bicyclic) bond motifs is 1. The molecule has 0 radical (unpaired) electrons. The van der Waals surface area contributed by atoms with Crippen molar-refractivity contribution in [2.24, 2.45) is 5.92 Å². The van der Waals surface area contributed by atoms with E-state index in [1.807, 2.05) is 11.8 Å². The van der Waals surface area contributed by atoms with Gasteiger partial charge in [-0.2, -0.15) is 0 Å². The quantitative estimate of drug-likeness (QED) is 0.844. The zero-order chi connectivity index (χ0) is 12.4. The minimum absolute atomic E-state index is 0.254. The first kappa shape index (κ1) is 12.1. The van der Waals surface area contributed by atoms with E-state index in [0.717, 1.165) is 25.1 Å². The molecule has 2 nitrogen and oxygen atoms in total. The fraction of sp³-hybridized carbons (Fsp3) is 0.533. The summed E-state index contributed by atoms with van der Waals surface area (Å²) < 4.78 is 0. The van der Waals surface area contributed by atoms with Crippen LogP contribution in [0.2, 0.25) is 0 Å². The first-order valence-electron chi connectivity index (χ1n) is 6.85. The summed E-state index contributed by atoms with van der Waals surface area (Å²) >= 11 is 1.90. The Kier molecular flexibility index (Phi) is 3.59. The van der Waals surface area contributed by atoms with Gasteiger partial charge in [0.2, 0.25) is 5.91 Å². The molecule has 0 saturated carbocycles. The second-order valence-electron chi connectivity index (χ2n) is 5.20. The van der Waals surface area contributed by atoms with Crippen LogP contribution in [0, 0.1) is 5.92 Å². The molecule has 2 aliphatic rings. The van der Waals surface area contributed by atoms with Gasteiger partial charge < -0.3 is 5.32 Å². The number of amides is 1. The molecule has 1 saturated heterocycles. The normalized spacial score (nSPS) is 22.0. The first-order chi connectivity index (χ1) is 8.83. The lowest BCUT2D eigenvalue weighted by Crippen LogP contribution is -2.19. The SMILES string of the molecule is O=C1NCC[C@H]1CCSc1ccc2c(c1)CCC2. The number of nitrogens with one attached hydrogen (secondary N) is 1. The highest BCUT2D eigenvalue weighted by molar-refractivity contribution is 7.99. The molecule has 0 unspecified atom stereocenters. The topological polar surface area (TPSA) is 29.1 Å². The molecule has 1 amide bonds. The summed E-state index contributed by atoms with van der Waals surface area (Å²) in [5.74, 6) is 1.56. The van der Waals surface area contributed by atoms with Gasteiger partial charge in [0.25, 0.3) is 0 Å². The molecule has 1 N–H and O–H groups in total. The van der Waals surface area contributed by atoms with Crippen LogP contribution < -0.4 is 5.32 Å². The van der Waals surface area contributed by atoms with Gasteiger partial charge in [-0.05, 0) is 61.1 Å². The Morgan fingerprint density at radius 3 is 3.00 bits per heavy atom. The minimum atomic E-state index is 0.254. The van der Waals surface area contributed by atoms with Crippen LogP contribution in [0.15, 0.2) is 23.1 Å². The number of carbonyl (C=O) groups is 1. The fourth-order valence-corrected chi connectivity index (χ4v) is 3.91. The Balaban J connectivity index is 1.52. The van der Waals surface area contributed by atoms with Gasteiger partial charge in [-0.15, -0.1) is 11.8 Å². The van der Waals surface area contributed by atoms with Gasteiger partial charge in [-0.3, -0.25) is 4.79 Å². The second-order valence-corrected chi connectivity index (χ2v) is 6.37. The van der Waals surface area contributed by atoms with Gasteiger partial charge in [-0.1, -0.05) is 6.07 Å². The van der Waals surface area contributed by atoms with Crippen LogP contribution in [0.4, 0.5) is 0 Å². The van der Waals surface area contributed by atoms with Crippen molar-refractivity contribution in [3.63, 3.8) is 0 Å². The summed E-state index contributed by atoms with van der Waals surface area (Å²) in [6, 6.07) is 6.87. The van der Waals surface area contributed by atoms with E-state index in [1.165, 1.54) is 29.7 Å². The van der Waals surface area contributed by atoms with Crippen molar-refractivity contribution >= 4 is 17.7 Å². The molecule has 1 fully saturated rings. The summed E-state index contributed by atoms with van der Waals surface area (Å²) in [6.45, 7) is 0.868. The molecule has 1 aromatic rings. The maximum Gasteiger partial charge on any atom is 0.223 e. The molecule has 3 rings (SSSR count). The largest absolute Gasteiger partial charge is 0.356 e. The second kappa shape index (κ2) is 5.35. The molecule has 96 valence electrons. The van der Waals surface area contributed by atoms with Gasteiger partial charge in [0.15, 0.2) is 0 Å². The van der Waals surface area contributed by atoms with E-state index < -0.39 is 0 Å². The summed E-state index contributed by atoms with van der Waals surface area (Å²) in [5.41, 5.74) is 3.08. The summed E-state index contributed by atoms with van der Waals surface area (Å²) in [4.78, 5) is 12.8. The molecule has 1 aliphatic heterocycles. The monoisotopic (exact) mass is 261 g/mol. The Bertz CT molecular complexity index is 458. The highest BCUT2D eigenvalue weighted by atomic mass is 32.2. The number of carbonyl (C=O) groups excluding carboxylic acids is 1. The maximum atomic E-state index is 11.4. The average molecular weight is 261 g/mol. The van der Waals surface area contributed by atoms with E-state index in [2.05, 4.69) is 23.5 Å². The number of rotatable bonds is 4. The smallest absolute Gasteiger partial charge is 0.223 e. The zero-order valence-corrected chi connectivity index (χ0v) is 11.4. The van der Waals surface area contributed by atoms with Crippen molar-refractivity contribution in [2.45, 2.75) is 37.0 Å². The van der Waals surface area contributed by atoms with E-state index in [9.17, 15) is 4.79 Å². The van der Waals surface area contributed by atoms with Gasteiger partial charge in [-0.25, -0.2) is 0 Å². The Morgan fingerprint density at radius 1 is 1.28 bits per heavy atom. The Labute approximate surface area is 113 Å². The molecule has 0 spiro atoms. The fourth-order valence-electron chi connectivity index (χ4n) is 2.88. The Hall–Kier alpha value is -0.960. The van der Waals surface area contributed by atoms with Gasteiger partial charge >= 0.3 is 0 Å². The van der Waals surface area contributed by atoms with E-state index in [4.69, 9.17) is 0 Å². The van der Waals surface area contributed by atoms with Crippen molar-refractivity contribution in [3.8, 4) is 0 Å². The summed E-state index contributed by atoms with van der Waals surface area (Å²) in [5, 5.41) is 2.90. The van der Waals surface area contributed by atoms with Crippen molar-refractivity contribution in [1.82, 2.24) is 5.32 Å². The van der Waals surface area contributed by atoms with E-state index in [1.54, 1.807) is 5.56 Å². The maximum absolute atomic E-state index is 11.4. The van der Waals surface area contributed by atoms with E-state index in [0.29, 0.717) is 0 Å². The summed E-state index contributed by atoms with van der Waals surface area (Å²) in [6.07, 6.45) is 5.83. The lowest BCUT2D eigenvalue weighted by molar-refractivity contribution is -0.122. The average Bonchev–Trinajstić information content (AvgIpc) is 2.98. The van der Waals surface area contributed by atoms with Gasteiger partial charge in [0.1, 0.15) is 0 Å². The standard InChI is InChI=1S/C15H19NOS/c17-15-12(6-8-16-15)7-9-18-14-5-4-11-2-1-3-13(11)10-14/h4-5,10,12H,1-3,6-9H2,(H,16,17)/t12-/m0/s1. The molecule has 1 heterocycles. The van der Waals surface area contributed by atoms with Crippen LogP contribution in [0.3, 0.4) is 0 Å². The molecular weight excluding hydrogens is 242 g/mol. The van der Waals surface area contributed by atoms with Crippen LogP contribution in [-0.4, -0.2) is 18.2 Å². The van der Waals surface area contributed by atoms with Crippen LogP contribution in [0.5, 0.6) is 0 Å². The third-order valence-corrected chi connectivity index (χ3v) is 4.99. The van der Waals surface area contributed by atoms with Crippen molar-refractivity contribution < 1.29 is 4.79 Å². The van der Waals surface area contributed by atoms with Crippen LogP contribution in [-0.2, 0) is 17.6 Å². The predicted octanol–water partition coefficient (Wildman–Crippen LogP) is 2.79. The third-order valence-electron chi connectivity index (χ3n) is 3.97. The van der Waals surface area contributed by atoms with E-state index in [-0.39, 0.29) is 11.8 Å². The lowest BCUT2D eigenvalue weighted by atomic mass is 10.1. The van der Waals surface area contributed by atoms with Crippen LogP contribution >= 0.6 is 11.8 Å². The van der Waals surface area contributed by atoms with Crippen molar-refractivity contribution in [1.29, 1.82) is 0 Å². The number of benzene rings is 1. The van der Waals surface area contributed by atoms with Crippen molar-refractivity contribution in [3.05, 3.63) is 29.3 Å². The van der Waals surface area contributed by atoms with E-state index >= 15 is 0 Å². The molecule has 1 atom stereocenters. The molecular formula is C15H19NOS. The van der Waals surface area contributed by atoms with Crippen molar-refractivity contribution in [2.75, 3.05) is 12.3 Å². The lowest BCUT2D eigenvalue weighted by Gasteiger charge is -2.07. The Morgan fingerprint density at radius 2 is 2.17 bits per heavy atom. The number of hydrogen-bond acceptors (Lipinski definition) is 2. The number of hydrogen-bond donors (Lipinski definition) is 1. The zero-order valence-electron chi connectivity index (χ0n) is 10.6. The molecule has 0 aromatic heterocycles. The highest BCUT2D eigenvalue weighted by Crippen LogP contribution is 2.29. The summed E-state index contributed by atoms with van der Waals surface area (Å²) in [7, 11) is 0. The first-order valence-corrected chi connectivity index (χ1v) is 7.84. The van der Waals surface area contributed by atoms with Gasteiger partial charge in [0, 0.05) is 17.4 Å².